The van der Waals surface area contributed by atoms with Crippen LogP contribution in [0.3, 0.4) is 0 Å². The number of benzene rings is 1. The summed E-state index contributed by atoms with van der Waals surface area (Å²) in [6.45, 7) is 5.62. The van der Waals surface area contributed by atoms with E-state index in [-0.39, 0.29) is 5.91 Å². The second-order valence-corrected chi connectivity index (χ2v) is 4.57. The van der Waals surface area contributed by atoms with Crippen molar-refractivity contribution < 1.29 is 4.79 Å². The van der Waals surface area contributed by atoms with Crippen LogP contribution >= 0.6 is 15.9 Å². The molecule has 0 spiro atoms. The fourth-order valence-corrected chi connectivity index (χ4v) is 2.08. The van der Waals surface area contributed by atoms with E-state index in [0.29, 0.717) is 0 Å². The van der Waals surface area contributed by atoms with Crippen LogP contribution in [0.2, 0.25) is 0 Å². The maximum absolute atomic E-state index is 11.4. The number of halogens is 1. The molecule has 0 radical (unpaired) electrons. The molecule has 0 heterocycles. The van der Waals surface area contributed by atoms with Gasteiger partial charge in [-0.05, 0) is 53.9 Å². The van der Waals surface area contributed by atoms with Gasteiger partial charge in [0.25, 0.3) is 0 Å². The zero-order valence-electron chi connectivity index (χ0n) is 9.10. The van der Waals surface area contributed by atoms with Gasteiger partial charge < -0.3 is 11.1 Å². The third kappa shape index (κ3) is 3.04. The number of carbonyl (C=O) groups excluding carboxylic acids is 1. The van der Waals surface area contributed by atoms with Gasteiger partial charge in [-0.3, -0.25) is 4.79 Å². The lowest BCUT2D eigenvalue weighted by Gasteiger charge is -2.13. The highest BCUT2D eigenvalue weighted by Crippen LogP contribution is 2.27. The summed E-state index contributed by atoms with van der Waals surface area (Å²) in [5, 5.41) is 2.79. The van der Waals surface area contributed by atoms with Crippen LogP contribution in [0.5, 0.6) is 0 Å². The lowest BCUT2D eigenvalue weighted by Crippen LogP contribution is -2.32. The molecule has 82 valence electrons. The number of hydrogen-bond acceptors (Lipinski definition) is 2. The second-order valence-electron chi connectivity index (χ2n) is 3.72. The van der Waals surface area contributed by atoms with Gasteiger partial charge in [0.05, 0.1) is 11.7 Å². The average molecular weight is 271 g/mol. The molecule has 3 nitrogen and oxygen atoms in total. The predicted octanol–water partition coefficient (Wildman–Crippen LogP) is 2.35. The van der Waals surface area contributed by atoms with E-state index in [0.717, 1.165) is 21.3 Å². The molecule has 0 unspecified atom stereocenters. The Morgan fingerprint density at radius 1 is 1.47 bits per heavy atom. The number of rotatable bonds is 2. The molecule has 1 amide bonds. The van der Waals surface area contributed by atoms with E-state index in [2.05, 4.69) is 21.2 Å². The minimum Gasteiger partial charge on any atom is -0.323 e. The molecule has 1 aromatic rings. The monoisotopic (exact) mass is 270 g/mol. The molecule has 1 aromatic carbocycles. The van der Waals surface area contributed by atoms with Gasteiger partial charge in [0.15, 0.2) is 0 Å². The van der Waals surface area contributed by atoms with Gasteiger partial charge in [0.1, 0.15) is 0 Å². The summed E-state index contributed by atoms with van der Waals surface area (Å²) in [5.74, 6) is -0.178. The lowest BCUT2D eigenvalue weighted by atomic mass is 10.1. The number of carbonyl (C=O) groups is 1. The molecule has 0 aliphatic heterocycles. The molecule has 0 aliphatic rings. The first-order valence-corrected chi connectivity index (χ1v) is 5.54. The summed E-state index contributed by atoms with van der Waals surface area (Å²) in [5.41, 5.74) is 8.46. The van der Waals surface area contributed by atoms with Crippen molar-refractivity contribution in [1.82, 2.24) is 0 Å². The minimum atomic E-state index is -0.502. The molecule has 3 N–H and O–H groups in total. The number of nitrogens with two attached hydrogens (primary N) is 1. The molecule has 0 aromatic heterocycles. The lowest BCUT2D eigenvalue weighted by molar-refractivity contribution is -0.117. The SMILES string of the molecule is Cc1cc(C)c(NC(=O)[C@H](C)N)c(Br)c1. The molecule has 15 heavy (non-hydrogen) atoms. The zero-order valence-corrected chi connectivity index (χ0v) is 10.7. The van der Waals surface area contributed by atoms with Crippen LogP contribution in [0.1, 0.15) is 18.1 Å². The number of aryl methyl sites for hydroxylation is 2. The van der Waals surface area contributed by atoms with E-state index in [1.165, 1.54) is 0 Å². The minimum absolute atomic E-state index is 0.178. The molecule has 0 saturated heterocycles. The third-order valence-electron chi connectivity index (χ3n) is 2.09. The van der Waals surface area contributed by atoms with E-state index in [4.69, 9.17) is 5.73 Å². The number of hydrogen-bond donors (Lipinski definition) is 2. The summed E-state index contributed by atoms with van der Waals surface area (Å²) < 4.78 is 0.883. The van der Waals surface area contributed by atoms with Gasteiger partial charge in [-0.1, -0.05) is 6.07 Å². The first-order chi connectivity index (χ1) is 6.91. The van der Waals surface area contributed by atoms with Crippen molar-refractivity contribution in [2.75, 3.05) is 5.32 Å². The van der Waals surface area contributed by atoms with E-state index in [1.54, 1.807) is 6.92 Å². The topological polar surface area (TPSA) is 55.1 Å². The quantitative estimate of drug-likeness (QED) is 0.867. The van der Waals surface area contributed by atoms with E-state index in [1.807, 2.05) is 26.0 Å². The normalized spacial score (nSPS) is 12.3. The van der Waals surface area contributed by atoms with Gasteiger partial charge in [-0.25, -0.2) is 0 Å². The smallest absolute Gasteiger partial charge is 0.241 e. The summed E-state index contributed by atoms with van der Waals surface area (Å²) in [6, 6.07) is 3.48. The summed E-state index contributed by atoms with van der Waals surface area (Å²) >= 11 is 3.42. The van der Waals surface area contributed by atoms with Crippen molar-refractivity contribution in [3.8, 4) is 0 Å². The van der Waals surface area contributed by atoms with E-state index in [9.17, 15) is 4.79 Å². The van der Waals surface area contributed by atoms with Crippen LogP contribution in [-0.4, -0.2) is 11.9 Å². The first kappa shape index (κ1) is 12.2. The van der Waals surface area contributed by atoms with Crippen molar-refractivity contribution in [2.45, 2.75) is 26.8 Å². The molecule has 0 aliphatic carbocycles. The van der Waals surface area contributed by atoms with Crippen molar-refractivity contribution in [1.29, 1.82) is 0 Å². The molecule has 0 fully saturated rings. The van der Waals surface area contributed by atoms with Crippen molar-refractivity contribution in [2.24, 2.45) is 5.73 Å². The highest BCUT2D eigenvalue weighted by Gasteiger charge is 2.11. The zero-order chi connectivity index (χ0) is 11.6. The summed E-state index contributed by atoms with van der Waals surface area (Å²) in [4.78, 5) is 11.4. The predicted molar refractivity (Wildman–Crippen MR) is 65.9 cm³/mol. The Morgan fingerprint density at radius 2 is 2.07 bits per heavy atom. The standard InChI is InChI=1S/C11H15BrN2O/c1-6-4-7(2)10(9(12)5-6)14-11(15)8(3)13/h4-5,8H,13H2,1-3H3,(H,14,15)/t8-/m0/s1. The average Bonchev–Trinajstić information content (AvgIpc) is 2.10. The van der Waals surface area contributed by atoms with Gasteiger partial charge in [-0.15, -0.1) is 0 Å². The van der Waals surface area contributed by atoms with Crippen LogP contribution in [0.15, 0.2) is 16.6 Å². The van der Waals surface area contributed by atoms with Crippen molar-refractivity contribution >= 4 is 27.5 Å². The maximum atomic E-state index is 11.4. The molecule has 4 heteroatoms. The van der Waals surface area contributed by atoms with Gasteiger partial charge in [-0.2, -0.15) is 0 Å². The molecule has 0 bridgehead atoms. The Morgan fingerprint density at radius 3 is 2.53 bits per heavy atom. The van der Waals surface area contributed by atoms with Crippen LogP contribution in [0.25, 0.3) is 0 Å². The number of amides is 1. The Labute approximate surface area is 98.2 Å². The largest absolute Gasteiger partial charge is 0.323 e. The maximum Gasteiger partial charge on any atom is 0.241 e. The Hall–Kier alpha value is -0.870. The van der Waals surface area contributed by atoms with Gasteiger partial charge >= 0.3 is 0 Å². The van der Waals surface area contributed by atoms with E-state index >= 15 is 0 Å². The van der Waals surface area contributed by atoms with Gasteiger partial charge in [0, 0.05) is 4.47 Å². The summed E-state index contributed by atoms with van der Waals surface area (Å²) in [6.07, 6.45) is 0. The fraction of sp³-hybridized carbons (Fsp3) is 0.364. The van der Waals surface area contributed by atoms with Crippen LogP contribution in [-0.2, 0) is 4.79 Å². The Balaban J connectivity index is 3.00. The number of nitrogens with one attached hydrogen (secondary N) is 1. The molecular weight excluding hydrogens is 256 g/mol. The fourth-order valence-electron chi connectivity index (χ4n) is 1.31. The molecule has 1 rings (SSSR count). The van der Waals surface area contributed by atoms with Crippen molar-refractivity contribution in [3.63, 3.8) is 0 Å². The highest BCUT2D eigenvalue weighted by molar-refractivity contribution is 9.10. The molecular formula is C11H15BrN2O. The highest BCUT2D eigenvalue weighted by atomic mass is 79.9. The summed E-state index contributed by atoms with van der Waals surface area (Å²) in [7, 11) is 0. The Bertz CT molecular complexity index is 365. The molecule has 0 saturated carbocycles. The third-order valence-corrected chi connectivity index (χ3v) is 2.72. The van der Waals surface area contributed by atoms with Crippen LogP contribution in [0.4, 0.5) is 5.69 Å². The van der Waals surface area contributed by atoms with Gasteiger partial charge in [0.2, 0.25) is 5.91 Å². The number of anilines is 1. The van der Waals surface area contributed by atoms with Crippen LogP contribution in [0, 0.1) is 13.8 Å². The van der Waals surface area contributed by atoms with Crippen LogP contribution < -0.4 is 11.1 Å². The van der Waals surface area contributed by atoms with E-state index < -0.39 is 6.04 Å². The van der Waals surface area contributed by atoms with Crippen molar-refractivity contribution in [3.05, 3.63) is 27.7 Å². The second kappa shape index (κ2) is 4.77. The Kier molecular flexibility index (Phi) is 3.88. The molecule has 1 atom stereocenters. The first-order valence-electron chi connectivity index (χ1n) is 4.75.